The first kappa shape index (κ1) is 23.0. The van der Waals surface area contributed by atoms with Crippen molar-refractivity contribution >= 4 is 11.6 Å². The van der Waals surface area contributed by atoms with E-state index < -0.39 is 0 Å². The van der Waals surface area contributed by atoms with Gasteiger partial charge < -0.3 is 14.8 Å². The summed E-state index contributed by atoms with van der Waals surface area (Å²) in [6.07, 6.45) is 8.68. The van der Waals surface area contributed by atoms with E-state index >= 15 is 0 Å². The van der Waals surface area contributed by atoms with E-state index in [-0.39, 0.29) is 12.4 Å². The van der Waals surface area contributed by atoms with Crippen LogP contribution in [0.15, 0.2) is 36.4 Å². The molecule has 3 nitrogen and oxygen atoms in total. The summed E-state index contributed by atoms with van der Waals surface area (Å²) in [4.78, 5) is 0. The SMILES string of the molecule is CCOc1cc(CNC(C)C23CC4CC(CC(C4)C2)C3)ccc1OCc1ccc(F)cc1Cl. The van der Waals surface area contributed by atoms with Crippen LogP contribution in [0, 0.1) is 29.0 Å². The lowest BCUT2D eigenvalue weighted by Crippen LogP contribution is -2.54. The first-order chi connectivity index (χ1) is 15.9. The Morgan fingerprint density at radius 1 is 1.00 bits per heavy atom. The van der Waals surface area contributed by atoms with E-state index in [1.165, 1.54) is 56.2 Å². The summed E-state index contributed by atoms with van der Waals surface area (Å²) in [5, 5.41) is 4.23. The van der Waals surface area contributed by atoms with Crippen LogP contribution in [0.4, 0.5) is 4.39 Å². The minimum Gasteiger partial charge on any atom is -0.490 e. The monoisotopic (exact) mass is 471 g/mol. The van der Waals surface area contributed by atoms with Crippen molar-refractivity contribution in [3.05, 3.63) is 58.4 Å². The van der Waals surface area contributed by atoms with Crippen molar-refractivity contribution in [1.82, 2.24) is 5.32 Å². The molecule has 0 heterocycles. The van der Waals surface area contributed by atoms with Crippen molar-refractivity contribution in [2.24, 2.45) is 23.2 Å². The molecule has 33 heavy (non-hydrogen) atoms. The molecule has 0 amide bonds. The predicted molar refractivity (Wildman–Crippen MR) is 130 cm³/mol. The topological polar surface area (TPSA) is 30.5 Å². The maximum absolute atomic E-state index is 13.3. The maximum Gasteiger partial charge on any atom is 0.161 e. The molecule has 1 unspecified atom stereocenters. The number of halogens is 2. The van der Waals surface area contributed by atoms with Gasteiger partial charge in [0.2, 0.25) is 0 Å². The molecule has 0 spiro atoms. The standard InChI is InChI=1S/C28H35ClFNO2/c1-3-32-27-11-19(4-7-26(27)33-17-23-5-6-24(30)12-25(23)29)16-31-18(2)28-13-20-8-21(14-28)10-22(9-20)15-28/h4-7,11-12,18,20-22,31H,3,8-10,13-17H2,1-2H3. The highest BCUT2D eigenvalue weighted by Gasteiger charge is 2.52. The molecule has 4 bridgehead atoms. The molecule has 178 valence electrons. The van der Waals surface area contributed by atoms with Crippen LogP contribution in [-0.2, 0) is 13.2 Å². The summed E-state index contributed by atoms with van der Waals surface area (Å²) in [6.45, 7) is 6.03. The summed E-state index contributed by atoms with van der Waals surface area (Å²) in [5.74, 6) is 3.97. The summed E-state index contributed by atoms with van der Waals surface area (Å²) in [5.41, 5.74) is 2.44. The van der Waals surface area contributed by atoms with Crippen LogP contribution in [0.25, 0.3) is 0 Å². The number of nitrogens with one attached hydrogen (secondary N) is 1. The third-order valence-electron chi connectivity index (χ3n) is 8.32. The summed E-state index contributed by atoms with van der Waals surface area (Å²) in [7, 11) is 0. The highest BCUT2D eigenvalue weighted by atomic mass is 35.5. The van der Waals surface area contributed by atoms with Crippen molar-refractivity contribution in [2.75, 3.05) is 6.61 Å². The van der Waals surface area contributed by atoms with Crippen molar-refractivity contribution < 1.29 is 13.9 Å². The molecule has 4 aliphatic carbocycles. The third kappa shape index (κ3) is 4.88. The van der Waals surface area contributed by atoms with Crippen LogP contribution in [0.5, 0.6) is 11.5 Å². The van der Waals surface area contributed by atoms with Gasteiger partial charge in [0.15, 0.2) is 11.5 Å². The number of hydrogen-bond donors (Lipinski definition) is 1. The fourth-order valence-electron chi connectivity index (χ4n) is 7.04. The van der Waals surface area contributed by atoms with Crippen molar-refractivity contribution in [3.8, 4) is 11.5 Å². The van der Waals surface area contributed by atoms with E-state index in [9.17, 15) is 4.39 Å². The van der Waals surface area contributed by atoms with E-state index in [0.29, 0.717) is 28.8 Å². The molecule has 2 aromatic rings. The molecular formula is C28H35ClFNO2. The first-order valence-corrected chi connectivity index (χ1v) is 12.9. The van der Waals surface area contributed by atoms with Gasteiger partial charge >= 0.3 is 0 Å². The van der Waals surface area contributed by atoms with Crippen LogP contribution in [-0.4, -0.2) is 12.6 Å². The van der Waals surface area contributed by atoms with Crippen molar-refractivity contribution in [2.45, 2.75) is 71.6 Å². The van der Waals surface area contributed by atoms with Crippen molar-refractivity contribution in [1.29, 1.82) is 0 Å². The van der Waals surface area contributed by atoms with Crippen LogP contribution in [0.2, 0.25) is 5.02 Å². The minimum absolute atomic E-state index is 0.264. The van der Waals surface area contributed by atoms with E-state index in [4.69, 9.17) is 21.1 Å². The molecule has 1 atom stereocenters. The Kier molecular flexibility index (Phi) is 6.59. The van der Waals surface area contributed by atoms with Gasteiger partial charge in [0.1, 0.15) is 12.4 Å². The highest BCUT2D eigenvalue weighted by molar-refractivity contribution is 6.31. The lowest BCUT2D eigenvalue weighted by atomic mass is 9.48. The molecule has 0 aliphatic heterocycles. The number of rotatable bonds is 9. The molecule has 1 N–H and O–H groups in total. The van der Waals surface area contributed by atoms with Gasteiger partial charge in [-0.1, -0.05) is 23.7 Å². The van der Waals surface area contributed by atoms with Gasteiger partial charge in [-0.25, -0.2) is 4.39 Å². The van der Waals surface area contributed by atoms with Crippen LogP contribution >= 0.6 is 11.6 Å². The Bertz CT molecular complexity index is 959. The fraction of sp³-hybridized carbons (Fsp3) is 0.571. The average molecular weight is 472 g/mol. The Hall–Kier alpha value is -1.78. The molecule has 2 aromatic carbocycles. The molecule has 6 rings (SSSR count). The second-order valence-corrected chi connectivity index (χ2v) is 11.0. The lowest BCUT2D eigenvalue weighted by molar-refractivity contribution is -0.0706. The normalized spacial score (nSPS) is 28.7. The Labute approximate surface area is 202 Å². The second kappa shape index (κ2) is 9.46. The maximum atomic E-state index is 13.3. The molecule has 0 aromatic heterocycles. The molecule has 4 aliphatic rings. The van der Waals surface area contributed by atoms with E-state index in [0.717, 1.165) is 35.6 Å². The Morgan fingerprint density at radius 3 is 2.33 bits per heavy atom. The molecular weight excluding hydrogens is 437 g/mol. The number of hydrogen-bond acceptors (Lipinski definition) is 3. The number of benzene rings is 2. The minimum atomic E-state index is -0.349. The van der Waals surface area contributed by atoms with Gasteiger partial charge in [-0.05, 0) is 105 Å². The van der Waals surface area contributed by atoms with Gasteiger partial charge in [-0.15, -0.1) is 0 Å². The zero-order valence-corrected chi connectivity index (χ0v) is 20.5. The van der Waals surface area contributed by atoms with E-state index in [2.05, 4.69) is 24.4 Å². The van der Waals surface area contributed by atoms with Gasteiger partial charge in [0.25, 0.3) is 0 Å². The van der Waals surface area contributed by atoms with Crippen molar-refractivity contribution in [3.63, 3.8) is 0 Å². The van der Waals surface area contributed by atoms with Gasteiger partial charge in [0.05, 0.1) is 11.6 Å². The van der Waals surface area contributed by atoms with E-state index in [1.54, 1.807) is 6.07 Å². The second-order valence-electron chi connectivity index (χ2n) is 10.6. The fourth-order valence-corrected chi connectivity index (χ4v) is 7.26. The summed E-state index contributed by atoms with van der Waals surface area (Å²) >= 11 is 6.15. The zero-order valence-electron chi connectivity index (χ0n) is 19.7. The number of ether oxygens (including phenoxy) is 2. The summed E-state index contributed by atoms with van der Waals surface area (Å²) in [6, 6.07) is 11.0. The first-order valence-electron chi connectivity index (χ1n) is 12.5. The molecule has 0 saturated heterocycles. The molecule has 4 saturated carbocycles. The predicted octanol–water partition coefficient (Wildman–Crippen LogP) is 7.15. The van der Waals surface area contributed by atoms with E-state index in [1.807, 2.05) is 13.0 Å². The smallest absolute Gasteiger partial charge is 0.161 e. The molecule has 0 radical (unpaired) electrons. The molecule has 5 heteroatoms. The zero-order chi connectivity index (χ0) is 23.0. The lowest BCUT2D eigenvalue weighted by Gasteiger charge is -2.59. The van der Waals surface area contributed by atoms with Crippen LogP contribution in [0.1, 0.15) is 63.5 Å². The third-order valence-corrected chi connectivity index (χ3v) is 8.67. The molecule has 4 fully saturated rings. The van der Waals surface area contributed by atoms with Crippen LogP contribution < -0.4 is 14.8 Å². The largest absolute Gasteiger partial charge is 0.490 e. The highest BCUT2D eigenvalue weighted by Crippen LogP contribution is 2.61. The van der Waals surface area contributed by atoms with Gasteiger partial charge in [-0.3, -0.25) is 0 Å². The summed E-state index contributed by atoms with van der Waals surface area (Å²) < 4.78 is 25.2. The Balaban J connectivity index is 1.23. The average Bonchev–Trinajstić information content (AvgIpc) is 2.77. The Morgan fingerprint density at radius 2 is 1.70 bits per heavy atom. The van der Waals surface area contributed by atoms with Crippen LogP contribution in [0.3, 0.4) is 0 Å². The van der Waals surface area contributed by atoms with Gasteiger partial charge in [-0.2, -0.15) is 0 Å². The quantitative estimate of drug-likeness (QED) is 0.421. The van der Waals surface area contributed by atoms with Gasteiger partial charge in [0, 0.05) is 18.2 Å².